The fraction of sp³-hybridized carbons (Fsp3) is 0.333. The monoisotopic (exact) mass is 454 g/mol. The average Bonchev–Trinajstić information content (AvgIpc) is 2.63. The summed E-state index contributed by atoms with van der Waals surface area (Å²) in [6.07, 6.45) is -2.34. The van der Waals surface area contributed by atoms with E-state index in [1.165, 1.54) is 4.90 Å². The average molecular weight is 455 g/mol. The molecule has 3 N–H and O–H groups in total. The zero-order valence-corrected chi connectivity index (χ0v) is 16.5. The molecule has 1 aromatic heterocycles. The predicted molar refractivity (Wildman–Crippen MR) is 102 cm³/mol. The number of benzene rings is 1. The Bertz CT molecular complexity index is 897. The van der Waals surface area contributed by atoms with Crippen molar-refractivity contribution in [2.45, 2.75) is 31.6 Å². The van der Waals surface area contributed by atoms with Gasteiger partial charge >= 0.3 is 6.18 Å². The Morgan fingerprint density at radius 2 is 2.11 bits per heavy atom. The van der Waals surface area contributed by atoms with Crippen LogP contribution >= 0.6 is 15.9 Å². The van der Waals surface area contributed by atoms with Gasteiger partial charge in [0.1, 0.15) is 0 Å². The largest absolute Gasteiger partial charge is 0.401 e. The third-order valence-corrected chi connectivity index (χ3v) is 5.20. The lowest BCUT2D eigenvalue weighted by Crippen LogP contribution is -2.47. The van der Waals surface area contributed by atoms with Crippen LogP contribution in [0.5, 0.6) is 0 Å². The number of halogens is 4. The van der Waals surface area contributed by atoms with E-state index in [1.807, 2.05) is 0 Å². The van der Waals surface area contributed by atoms with Gasteiger partial charge in [0.25, 0.3) is 0 Å². The van der Waals surface area contributed by atoms with Crippen LogP contribution in [-0.2, 0) is 6.42 Å². The summed E-state index contributed by atoms with van der Waals surface area (Å²) < 4.78 is 40.6. The van der Waals surface area contributed by atoms with E-state index in [1.54, 1.807) is 43.5 Å². The van der Waals surface area contributed by atoms with Crippen LogP contribution in [0.25, 0.3) is 0 Å². The number of nitrogens with two attached hydrogens (primary N) is 1. The minimum Gasteiger partial charge on any atom is -0.321 e. The summed E-state index contributed by atoms with van der Waals surface area (Å²) in [6, 6.07) is 7.66. The second-order valence-electron chi connectivity index (χ2n) is 6.62. The molecule has 1 unspecified atom stereocenters. The second-order valence-corrected chi connectivity index (χ2v) is 7.54. The molecule has 148 valence electrons. The molecule has 0 fully saturated rings. The number of amidine groups is 1. The molecule has 0 spiro atoms. The Balaban J connectivity index is 2.13. The van der Waals surface area contributed by atoms with E-state index >= 15 is 0 Å². The van der Waals surface area contributed by atoms with Crippen molar-refractivity contribution in [1.29, 1.82) is 5.53 Å². The molecule has 1 aliphatic heterocycles. The molecular weight excluding hydrogens is 437 g/mol. The van der Waals surface area contributed by atoms with Gasteiger partial charge < -0.3 is 5.84 Å². The van der Waals surface area contributed by atoms with Crippen molar-refractivity contribution < 1.29 is 13.2 Å². The second kappa shape index (κ2) is 7.96. The topological polar surface area (TPSA) is 90.7 Å². The van der Waals surface area contributed by atoms with Crippen LogP contribution in [0, 0.1) is 5.53 Å². The molecular formula is C18H18BrF3N6. The van der Waals surface area contributed by atoms with Crippen molar-refractivity contribution in [3.63, 3.8) is 0 Å². The van der Waals surface area contributed by atoms with Gasteiger partial charge in [0.15, 0.2) is 5.84 Å². The first-order valence-corrected chi connectivity index (χ1v) is 9.25. The SMILES string of the molecule is C[C@@H]1Cc2cc(/C(N=N)=N/N)ccc2C(c2ccc(Br)cn2)N1CC(F)(F)F. The number of alkyl halides is 3. The van der Waals surface area contributed by atoms with Gasteiger partial charge in [-0.2, -0.15) is 18.3 Å². The Morgan fingerprint density at radius 3 is 2.68 bits per heavy atom. The molecule has 2 aromatic rings. The van der Waals surface area contributed by atoms with Crippen molar-refractivity contribution in [2.75, 3.05) is 6.54 Å². The van der Waals surface area contributed by atoms with Gasteiger partial charge in [-0.05, 0) is 58.6 Å². The van der Waals surface area contributed by atoms with Crippen LogP contribution in [0.4, 0.5) is 13.2 Å². The van der Waals surface area contributed by atoms with E-state index in [9.17, 15) is 13.2 Å². The predicted octanol–water partition coefficient (Wildman–Crippen LogP) is 4.39. The van der Waals surface area contributed by atoms with Gasteiger partial charge in [0.2, 0.25) is 0 Å². The molecule has 28 heavy (non-hydrogen) atoms. The molecule has 2 atom stereocenters. The Hall–Kier alpha value is -2.33. The van der Waals surface area contributed by atoms with Gasteiger partial charge in [-0.1, -0.05) is 12.1 Å². The summed E-state index contributed by atoms with van der Waals surface area (Å²) in [5.74, 6) is 5.33. The van der Waals surface area contributed by atoms with Gasteiger partial charge in [-0.15, -0.1) is 5.11 Å². The standard InChI is InChI=1S/C18H18BrF3N6/c1-10-6-12-7-11(17(26-23)27-24)2-4-14(12)16(28(10)9-18(20,21)22)15-5-3-13(19)8-25-15/h2-5,7-8,10,16,23H,6,9,24H2,1H3/b26-23?,27-17-/t10-,16?/m1/s1. The number of pyridine rings is 1. The van der Waals surface area contributed by atoms with Crippen molar-refractivity contribution in [3.8, 4) is 0 Å². The third kappa shape index (κ3) is 4.22. The zero-order chi connectivity index (χ0) is 20.5. The van der Waals surface area contributed by atoms with Crippen LogP contribution in [0.15, 0.2) is 51.2 Å². The summed E-state index contributed by atoms with van der Waals surface area (Å²) in [7, 11) is 0. The van der Waals surface area contributed by atoms with Crippen LogP contribution in [-0.4, -0.2) is 34.5 Å². The minimum atomic E-state index is -4.33. The molecule has 0 saturated carbocycles. The maximum atomic E-state index is 13.3. The summed E-state index contributed by atoms with van der Waals surface area (Å²) in [6.45, 7) is 0.731. The van der Waals surface area contributed by atoms with E-state index in [0.717, 1.165) is 15.6 Å². The Morgan fingerprint density at radius 1 is 1.36 bits per heavy atom. The lowest BCUT2D eigenvalue weighted by atomic mass is 9.85. The van der Waals surface area contributed by atoms with Crippen LogP contribution in [0.1, 0.15) is 35.3 Å². The molecule has 0 amide bonds. The Kier molecular flexibility index (Phi) is 5.80. The van der Waals surface area contributed by atoms with E-state index in [2.05, 4.69) is 31.1 Å². The number of hydrogen-bond acceptors (Lipinski definition) is 5. The number of hydrazone groups is 1. The fourth-order valence-corrected chi connectivity index (χ4v) is 3.79. The van der Waals surface area contributed by atoms with Crippen molar-refractivity contribution >= 4 is 21.8 Å². The van der Waals surface area contributed by atoms with Crippen LogP contribution < -0.4 is 5.84 Å². The number of nitrogens with zero attached hydrogens (tertiary/aromatic N) is 4. The summed E-state index contributed by atoms with van der Waals surface area (Å²) in [4.78, 5) is 5.78. The summed E-state index contributed by atoms with van der Waals surface area (Å²) in [5.41, 5.74) is 9.85. The molecule has 3 rings (SSSR count). The van der Waals surface area contributed by atoms with E-state index in [-0.39, 0.29) is 11.9 Å². The third-order valence-electron chi connectivity index (χ3n) is 4.73. The fourth-order valence-electron chi connectivity index (χ4n) is 3.56. The van der Waals surface area contributed by atoms with E-state index in [0.29, 0.717) is 17.7 Å². The van der Waals surface area contributed by atoms with Crippen LogP contribution in [0.2, 0.25) is 0 Å². The first kappa shape index (κ1) is 20.4. The highest BCUT2D eigenvalue weighted by Gasteiger charge is 2.41. The smallest absolute Gasteiger partial charge is 0.321 e. The molecule has 1 aromatic carbocycles. The lowest BCUT2D eigenvalue weighted by molar-refractivity contribution is -0.155. The quantitative estimate of drug-likeness (QED) is 0.237. The highest BCUT2D eigenvalue weighted by Crippen LogP contribution is 2.39. The van der Waals surface area contributed by atoms with Crippen molar-refractivity contribution in [1.82, 2.24) is 9.88 Å². The highest BCUT2D eigenvalue weighted by atomic mass is 79.9. The number of hydrogen-bond donors (Lipinski definition) is 2. The molecule has 10 heteroatoms. The molecule has 2 heterocycles. The molecule has 0 radical (unpaired) electrons. The molecule has 6 nitrogen and oxygen atoms in total. The molecule has 0 saturated heterocycles. The number of fused-ring (bicyclic) bond motifs is 1. The molecule has 0 bridgehead atoms. The minimum absolute atomic E-state index is 0.0616. The maximum absolute atomic E-state index is 13.3. The van der Waals surface area contributed by atoms with E-state index in [4.69, 9.17) is 11.4 Å². The van der Waals surface area contributed by atoms with Gasteiger partial charge in [-0.25, -0.2) is 5.53 Å². The van der Waals surface area contributed by atoms with Crippen LogP contribution in [0.3, 0.4) is 0 Å². The Labute approximate surface area is 168 Å². The molecule has 0 aliphatic carbocycles. The first-order chi connectivity index (χ1) is 13.2. The van der Waals surface area contributed by atoms with Gasteiger partial charge in [0.05, 0.1) is 18.3 Å². The molecule has 1 aliphatic rings. The summed E-state index contributed by atoms with van der Waals surface area (Å²) in [5, 5.41) is 6.77. The lowest BCUT2D eigenvalue weighted by Gasteiger charge is -2.42. The zero-order valence-electron chi connectivity index (χ0n) is 14.9. The first-order valence-electron chi connectivity index (χ1n) is 8.46. The van der Waals surface area contributed by atoms with Gasteiger partial charge in [-0.3, -0.25) is 9.88 Å². The number of rotatable bonds is 3. The summed E-state index contributed by atoms with van der Waals surface area (Å²) >= 11 is 3.31. The van der Waals surface area contributed by atoms with E-state index < -0.39 is 18.8 Å². The van der Waals surface area contributed by atoms with Crippen molar-refractivity contribution in [3.05, 3.63) is 63.4 Å². The highest BCUT2D eigenvalue weighted by molar-refractivity contribution is 9.10. The number of aromatic nitrogens is 1. The normalized spacial score (nSPS) is 20.7. The van der Waals surface area contributed by atoms with Crippen molar-refractivity contribution in [2.24, 2.45) is 16.1 Å². The van der Waals surface area contributed by atoms with Gasteiger partial charge in [0, 0.05) is 22.3 Å². The maximum Gasteiger partial charge on any atom is 0.401 e. The number of nitrogens with one attached hydrogen (secondary N) is 1.